The van der Waals surface area contributed by atoms with Gasteiger partial charge < -0.3 is 20.6 Å². The zero-order valence-electron chi connectivity index (χ0n) is 22.0. The molecule has 200 valence electrons. The van der Waals surface area contributed by atoms with Gasteiger partial charge in [-0.3, -0.25) is 14.4 Å². The van der Waals surface area contributed by atoms with Gasteiger partial charge in [0.25, 0.3) is 0 Å². The highest BCUT2D eigenvalue weighted by atomic mass is 16.5. The van der Waals surface area contributed by atoms with E-state index in [2.05, 4.69) is 6.07 Å². The van der Waals surface area contributed by atoms with Gasteiger partial charge in [0.2, 0.25) is 5.91 Å². The minimum Gasteiger partial charge on any atom is -0.619 e. The van der Waals surface area contributed by atoms with Crippen LogP contribution in [0.25, 0.3) is 0 Å². The molecule has 0 spiro atoms. The third-order valence-corrected chi connectivity index (χ3v) is 7.13. The van der Waals surface area contributed by atoms with Crippen LogP contribution in [0, 0.1) is 18.0 Å². The molecule has 2 atom stereocenters. The molecule has 8 heteroatoms. The Morgan fingerprint density at radius 2 is 1.95 bits per heavy atom. The molecule has 2 heterocycles. The normalized spacial score (nSPS) is 16.0. The average molecular weight is 510 g/mol. The highest BCUT2D eigenvalue weighted by Crippen LogP contribution is 2.26. The van der Waals surface area contributed by atoms with E-state index in [4.69, 9.17) is 10.5 Å². The monoisotopic (exact) mass is 509 g/mol. The van der Waals surface area contributed by atoms with Gasteiger partial charge in [-0.2, -0.15) is 4.73 Å². The number of carbonyl (C=O) groups excluding carboxylic acids is 3. The molecule has 8 nitrogen and oxygen atoms in total. The number of esters is 1. The van der Waals surface area contributed by atoms with E-state index in [1.54, 1.807) is 30.0 Å². The molecule has 1 amide bonds. The Kier molecular flexibility index (Phi) is 10.6. The van der Waals surface area contributed by atoms with Crippen molar-refractivity contribution in [3.05, 3.63) is 70.2 Å². The summed E-state index contributed by atoms with van der Waals surface area (Å²) >= 11 is 0. The second-order valence-corrected chi connectivity index (χ2v) is 9.73. The van der Waals surface area contributed by atoms with Gasteiger partial charge in [0, 0.05) is 50.4 Å². The minimum absolute atomic E-state index is 0.0555. The van der Waals surface area contributed by atoms with Gasteiger partial charge >= 0.3 is 5.97 Å². The van der Waals surface area contributed by atoms with E-state index in [1.165, 1.54) is 6.20 Å². The number of Topliss-reactive ketones (excluding diaryl/α,β-unsaturated/α-hetero) is 1. The maximum Gasteiger partial charge on any atom is 0.305 e. The van der Waals surface area contributed by atoms with Crippen LogP contribution in [0.2, 0.25) is 0 Å². The number of ether oxygens (including phenoxy) is 1. The maximum atomic E-state index is 13.7. The summed E-state index contributed by atoms with van der Waals surface area (Å²) in [5.74, 6) is -0.882. The Balaban J connectivity index is 1.69. The van der Waals surface area contributed by atoms with Gasteiger partial charge in [0.05, 0.1) is 12.6 Å². The standard InChI is InChI=1S/C29H39N3O5/c1-3-37-28(34)16-13-22(11-14-25-7-4-5-18-32(25)36)29(35)31-17-6-8-26(31)27(33)15-12-23-19-21(2)9-10-24(23)20-30/h4-5,7,9-10,18-19,22,26H,3,6,8,11-17,20,30H2,1-2H3/t22-,26-/m0/s1. The van der Waals surface area contributed by atoms with Gasteiger partial charge in [-0.25, -0.2) is 0 Å². The van der Waals surface area contributed by atoms with Crippen molar-refractivity contribution in [2.45, 2.75) is 77.8 Å². The van der Waals surface area contributed by atoms with Crippen LogP contribution in [0.3, 0.4) is 0 Å². The van der Waals surface area contributed by atoms with E-state index in [0.29, 0.717) is 57.3 Å². The second kappa shape index (κ2) is 13.9. The molecule has 0 bridgehead atoms. The quantitative estimate of drug-likeness (QED) is 0.252. The molecule has 0 radical (unpaired) electrons. The van der Waals surface area contributed by atoms with Crippen molar-refractivity contribution < 1.29 is 23.9 Å². The lowest BCUT2D eigenvalue weighted by atomic mass is 9.93. The minimum atomic E-state index is -0.473. The first kappa shape index (κ1) is 28.3. The van der Waals surface area contributed by atoms with Crippen molar-refractivity contribution in [3.63, 3.8) is 0 Å². The summed E-state index contributed by atoms with van der Waals surface area (Å²) in [6.07, 6.45) is 5.06. The molecule has 1 saturated heterocycles. The smallest absolute Gasteiger partial charge is 0.305 e. The van der Waals surface area contributed by atoms with E-state index >= 15 is 0 Å². The van der Waals surface area contributed by atoms with Gasteiger partial charge in [-0.15, -0.1) is 0 Å². The molecule has 3 rings (SSSR count). The largest absolute Gasteiger partial charge is 0.619 e. The molecule has 0 saturated carbocycles. The summed E-state index contributed by atoms with van der Waals surface area (Å²) < 4.78 is 5.86. The number of nitrogens with two attached hydrogens (primary N) is 1. The Labute approximate surface area is 219 Å². The molecule has 1 aliphatic rings. The van der Waals surface area contributed by atoms with Crippen molar-refractivity contribution >= 4 is 17.7 Å². The van der Waals surface area contributed by atoms with Crippen molar-refractivity contribution in [2.75, 3.05) is 13.2 Å². The zero-order valence-corrected chi connectivity index (χ0v) is 22.0. The fraction of sp³-hybridized carbons (Fsp3) is 0.517. The third kappa shape index (κ3) is 7.86. The van der Waals surface area contributed by atoms with Crippen molar-refractivity contribution in [2.24, 2.45) is 11.7 Å². The van der Waals surface area contributed by atoms with E-state index < -0.39 is 12.0 Å². The number of benzene rings is 1. The summed E-state index contributed by atoms with van der Waals surface area (Å²) in [7, 11) is 0. The lowest BCUT2D eigenvalue weighted by Gasteiger charge is -2.28. The molecular formula is C29H39N3O5. The van der Waals surface area contributed by atoms with Gasteiger partial charge in [-0.05, 0) is 57.1 Å². The van der Waals surface area contributed by atoms with Crippen LogP contribution < -0.4 is 10.5 Å². The van der Waals surface area contributed by atoms with Crippen LogP contribution in [-0.2, 0) is 38.5 Å². The van der Waals surface area contributed by atoms with Crippen LogP contribution in [-0.4, -0.2) is 41.8 Å². The number of pyridine rings is 1. The lowest BCUT2D eigenvalue weighted by Crippen LogP contribution is -2.44. The van der Waals surface area contributed by atoms with E-state index in [-0.39, 0.29) is 30.7 Å². The van der Waals surface area contributed by atoms with Crippen molar-refractivity contribution in [3.8, 4) is 0 Å². The first-order valence-corrected chi connectivity index (χ1v) is 13.3. The molecule has 0 unspecified atom stereocenters. The summed E-state index contributed by atoms with van der Waals surface area (Å²) in [4.78, 5) is 40.7. The molecular weight excluding hydrogens is 470 g/mol. The molecule has 1 aliphatic heterocycles. The average Bonchev–Trinajstić information content (AvgIpc) is 3.38. The van der Waals surface area contributed by atoms with Crippen LogP contribution in [0.4, 0.5) is 0 Å². The molecule has 2 N–H and O–H groups in total. The first-order chi connectivity index (χ1) is 17.8. The van der Waals surface area contributed by atoms with Gasteiger partial charge in [0.15, 0.2) is 17.7 Å². The first-order valence-electron chi connectivity index (χ1n) is 13.3. The molecule has 1 aromatic heterocycles. The molecule has 1 fully saturated rings. The summed E-state index contributed by atoms with van der Waals surface area (Å²) in [5, 5.41) is 12.1. The number of aryl methyl sites for hydroxylation is 3. The van der Waals surface area contributed by atoms with Crippen LogP contribution >= 0.6 is 0 Å². The Morgan fingerprint density at radius 3 is 2.68 bits per heavy atom. The highest BCUT2D eigenvalue weighted by Gasteiger charge is 2.37. The summed E-state index contributed by atoms with van der Waals surface area (Å²) in [6, 6.07) is 10.8. The van der Waals surface area contributed by atoms with Gasteiger partial charge in [-0.1, -0.05) is 29.8 Å². The SMILES string of the molecule is CCOC(=O)CC[C@H](CCc1cccc[n+]1[O-])C(=O)N1CCC[C@H]1C(=O)CCc1cc(C)ccc1CN. The number of hydrogen-bond donors (Lipinski definition) is 1. The van der Waals surface area contributed by atoms with E-state index in [0.717, 1.165) is 27.8 Å². The van der Waals surface area contributed by atoms with Crippen LogP contribution in [0.15, 0.2) is 42.6 Å². The number of amides is 1. The van der Waals surface area contributed by atoms with Crippen LogP contribution in [0.5, 0.6) is 0 Å². The predicted molar refractivity (Wildman–Crippen MR) is 140 cm³/mol. The number of ketones is 1. The van der Waals surface area contributed by atoms with Crippen molar-refractivity contribution in [1.29, 1.82) is 0 Å². The number of nitrogens with zero attached hydrogens (tertiary/aromatic N) is 2. The maximum absolute atomic E-state index is 13.7. The lowest BCUT2D eigenvalue weighted by molar-refractivity contribution is -0.614. The fourth-order valence-electron chi connectivity index (χ4n) is 5.11. The third-order valence-electron chi connectivity index (χ3n) is 7.13. The zero-order chi connectivity index (χ0) is 26.8. The summed E-state index contributed by atoms with van der Waals surface area (Å²) in [6.45, 7) is 4.99. The van der Waals surface area contributed by atoms with Crippen molar-refractivity contribution in [1.82, 2.24) is 4.90 Å². The topological polar surface area (TPSA) is 117 Å². The number of aromatic nitrogens is 1. The molecule has 0 aliphatic carbocycles. The van der Waals surface area contributed by atoms with E-state index in [1.807, 2.05) is 19.1 Å². The summed E-state index contributed by atoms with van der Waals surface area (Å²) in [5.41, 5.74) is 9.69. The molecule has 37 heavy (non-hydrogen) atoms. The number of carbonyl (C=O) groups is 3. The predicted octanol–water partition coefficient (Wildman–Crippen LogP) is 3.17. The van der Waals surface area contributed by atoms with Crippen LogP contribution in [0.1, 0.15) is 67.8 Å². The second-order valence-electron chi connectivity index (χ2n) is 9.73. The Morgan fingerprint density at radius 1 is 1.14 bits per heavy atom. The number of likely N-dealkylation sites (tertiary alicyclic amines) is 1. The fourth-order valence-corrected chi connectivity index (χ4v) is 5.11. The van der Waals surface area contributed by atoms with E-state index in [9.17, 15) is 19.6 Å². The molecule has 1 aromatic carbocycles. The number of hydrogen-bond acceptors (Lipinski definition) is 6. The van der Waals surface area contributed by atoms with Gasteiger partial charge in [0.1, 0.15) is 0 Å². The highest BCUT2D eigenvalue weighted by molar-refractivity contribution is 5.90. The molecule has 2 aromatic rings. The number of rotatable bonds is 13. The Bertz CT molecular complexity index is 1090. The Hall–Kier alpha value is -3.26.